The predicted molar refractivity (Wildman–Crippen MR) is 89.6 cm³/mol. The van der Waals surface area contributed by atoms with Gasteiger partial charge >= 0.3 is 6.18 Å². The van der Waals surface area contributed by atoms with Crippen LogP contribution < -0.4 is 14.8 Å². The third-order valence-corrected chi connectivity index (χ3v) is 4.62. The molecule has 0 unspecified atom stereocenters. The number of rotatable bonds is 6. The molecule has 0 radical (unpaired) electrons. The number of ether oxygens (including phenoxy) is 3. The van der Waals surface area contributed by atoms with Gasteiger partial charge in [-0.3, -0.25) is 9.69 Å². The quantitative estimate of drug-likeness (QED) is 0.827. The molecule has 0 atom stereocenters. The van der Waals surface area contributed by atoms with Crippen molar-refractivity contribution in [1.29, 1.82) is 0 Å². The second-order valence-corrected chi connectivity index (χ2v) is 6.09. The largest absolute Gasteiger partial charge is 0.497 e. The van der Waals surface area contributed by atoms with Crippen molar-refractivity contribution < 1.29 is 32.2 Å². The van der Waals surface area contributed by atoms with Gasteiger partial charge in [0.2, 0.25) is 5.91 Å². The molecule has 0 bridgehead atoms. The van der Waals surface area contributed by atoms with Crippen LogP contribution in [0.25, 0.3) is 0 Å². The lowest BCUT2D eigenvalue weighted by Gasteiger charge is -2.41. The number of amides is 1. The first-order valence-electron chi connectivity index (χ1n) is 8.11. The van der Waals surface area contributed by atoms with E-state index < -0.39 is 11.8 Å². The number of anilines is 1. The van der Waals surface area contributed by atoms with Gasteiger partial charge in [0, 0.05) is 26.3 Å². The number of hydrogen-bond donors (Lipinski definition) is 1. The number of alkyl halides is 3. The summed E-state index contributed by atoms with van der Waals surface area (Å²) < 4.78 is 54.6. The summed E-state index contributed by atoms with van der Waals surface area (Å²) in [5.74, 6) is 0.691. The molecular formula is C17H23F3N2O4. The summed E-state index contributed by atoms with van der Waals surface area (Å²) in [6.07, 6.45) is -4.83. The van der Waals surface area contributed by atoms with Gasteiger partial charge in [-0.05, 0) is 25.0 Å². The van der Waals surface area contributed by atoms with E-state index >= 15 is 0 Å². The Labute approximate surface area is 150 Å². The molecule has 1 amide bonds. The average Bonchev–Trinajstić information content (AvgIpc) is 2.61. The second-order valence-electron chi connectivity index (χ2n) is 6.09. The van der Waals surface area contributed by atoms with Gasteiger partial charge in [0.25, 0.3) is 0 Å². The molecule has 9 heteroatoms. The summed E-state index contributed by atoms with van der Waals surface area (Å²) in [6.45, 7) is 0.244. The molecule has 1 fully saturated rings. The van der Waals surface area contributed by atoms with Gasteiger partial charge in [-0.15, -0.1) is 0 Å². The zero-order valence-corrected chi connectivity index (χ0v) is 15.0. The van der Waals surface area contributed by atoms with Crippen molar-refractivity contribution >= 4 is 11.6 Å². The number of hydrogen-bond acceptors (Lipinski definition) is 5. The topological polar surface area (TPSA) is 60.0 Å². The van der Waals surface area contributed by atoms with Crippen molar-refractivity contribution in [3.8, 4) is 11.5 Å². The fraction of sp³-hybridized carbons (Fsp3) is 0.588. The molecule has 6 nitrogen and oxygen atoms in total. The van der Waals surface area contributed by atoms with E-state index in [9.17, 15) is 18.0 Å². The standard InChI is InChI=1S/C17H23F3N2O4/c1-24-12-4-5-13(14(10-12)25-2)21-15(23)11-22-8-6-16(26-3,7-9-22)17(18,19)20/h4-5,10H,6-9,11H2,1-3H3,(H,21,23). The van der Waals surface area contributed by atoms with Gasteiger partial charge in [-0.1, -0.05) is 0 Å². The highest BCUT2D eigenvalue weighted by atomic mass is 19.4. The fourth-order valence-corrected chi connectivity index (χ4v) is 2.97. The van der Waals surface area contributed by atoms with E-state index in [0.29, 0.717) is 17.2 Å². The van der Waals surface area contributed by atoms with Crippen molar-refractivity contribution in [3.63, 3.8) is 0 Å². The molecule has 1 aromatic carbocycles. The van der Waals surface area contributed by atoms with Crippen LogP contribution in [-0.4, -0.2) is 63.5 Å². The first kappa shape index (κ1) is 20.3. The Bertz CT molecular complexity index is 629. The summed E-state index contributed by atoms with van der Waals surface area (Å²) >= 11 is 0. The third kappa shape index (κ3) is 4.39. The van der Waals surface area contributed by atoms with E-state index in [2.05, 4.69) is 5.32 Å². The molecule has 146 valence electrons. The van der Waals surface area contributed by atoms with Crippen LogP contribution in [0.3, 0.4) is 0 Å². The van der Waals surface area contributed by atoms with E-state index in [4.69, 9.17) is 14.2 Å². The minimum Gasteiger partial charge on any atom is -0.497 e. The molecule has 0 aromatic heterocycles. The van der Waals surface area contributed by atoms with Gasteiger partial charge in [0.15, 0.2) is 5.60 Å². The molecule has 1 N–H and O–H groups in total. The summed E-state index contributed by atoms with van der Waals surface area (Å²) in [4.78, 5) is 13.9. The van der Waals surface area contributed by atoms with Gasteiger partial charge < -0.3 is 19.5 Å². The summed E-state index contributed by atoms with van der Waals surface area (Å²) in [5.41, 5.74) is -1.66. The Balaban J connectivity index is 1.94. The molecule has 2 rings (SSSR count). The maximum absolute atomic E-state index is 13.2. The number of carbonyl (C=O) groups excluding carboxylic acids is 1. The third-order valence-electron chi connectivity index (χ3n) is 4.62. The van der Waals surface area contributed by atoms with Gasteiger partial charge in [0.1, 0.15) is 11.5 Å². The smallest absolute Gasteiger partial charge is 0.417 e. The number of likely N-dealkylation sites (tertiary alicyclic amines) is 1. The molecule has 1 heterocycles. The Morgan fingerprint density at radius 2 is 1.85 bits per heavy atom. The zero-order valence-electron chi connectivity index (χ0n) is 15.0. The first-order chi connectivity index (χ1) is 12.2. The Kier molecular flexibility index (Phi) is 6.35. The van der Waals surface area contributed by atoms with Crippen molar-refractivity contribution in [1.82, 2.24) is 4.90 Å². The molecule has 0 saturated carbocycles. The number of nitrogens with zero attached hydrogens (tertiary/aromatic N) is 1. The monoisotopic (exact) mass is 376 g/mol. The van der Waals surface area contributed by atoms with Gasteiger partial charge in [-0.2, -0.15) is 13.2 Å². The summed E-state index contributed by atoms with van der Waals surface area (Å²) in [6, 6.07) is 4.95. The van der Waals surface area contributed by atoms with E-state index in [-0.39, 0.29) is 38.4 Å². The maximum Gasteiger partial charge on any atom is 0.417 e. The van der Waals surface area contributed by atoms with Crippen LogP contribution in [0.15, 0.2) is 18.2 Å². The Morgan fingerprint density at radius 3 is 2.35 bits per heavy atom. The average molecular weight is 376 g/mol. The van der Waals surface area contributed by atoms with Crippen LogP contribution >= 0.6 is 0 Å². The number of benzene rings is 1. The fourth-order valence-electron chi connectivity index (χ4n) is 2.97. The SMILES string of the molecule is COc1ccc(NC(=O)CN2CCC(OC)(C(F)(F)F)CC2)c(OC)c1. The second kappa shape index (κ2) is 8.13. The van der Waals surface area contributed by atoms with Crippen molar-refractivity contribution in [2.75, 3.05) is 46.3 Å². The minimum absolute atomic E-state index is 0.00711. The summed E-state index contributed by atoms with van der Waals surface area (Å²) in [7, 11) is 4.06. The van der Waals surface area contributed by atoms with E-state index in [0.717, 1.165) is 7.11 Å². The van der Waals surface area contributed by atoms with Crippen LogP contribution in [-0.2, 0) is 9.53 Å². The van der Waals surface area contributed by atoms with Gasteiger partial charge in [0.05, 0.1) is 26.5 Å². The zero-order chi connectivity index (χ0) is 19.4. The highest BCUT2D eigenvalue weighted by Crippen LogP contribution is 2.41. The minimum atomic E-state index is -4.42. The molecular weight excluding hydrogens is 353 g/mol. The van der Waals surface area contributed by atoms with E-state index in [1.165, 1.54) is 14.2 Å². The first-order valence-corrected chi connectivity index (χ1v) is 8.11. The van der Waals surface area contributed by atoms with Crippen LogP contribution in [0, 0.1) is 0 Å². The maximum atomic E-state index is 13.2. The highest BCUT2D eigenvalue weighted by Gasteiger charge is 2.56. The molecule has 0 aliphatic carbocycles. The van der Waals surface area contributed by atoms with Crippen LogP contribution in [0.5, 0.6) is 11.5 Å². The Hall–Kier alpha value is -2.00. The molecule has 1 aliphatic heterocycles. The van der Waals surface area contributed by atoms with Crippen molar-refractivity contribution in [2.45, 2.75) is 24.6 Å². The molecule has 0 spiro atoms. The van der Waals surface area contributed by atoms with Crippen LogP contribution in [0.2, 0.25) is 0 Å². The van der Waals surface area contributed by atoms with E-state index in [1.54, 1.807) is 23.1 Å². The number of carbonyl (C=O) groups is 1. The lowest BCUT2D eigenvalue weighted by atomic mass is 9.90. The van der Waals surface area contributed by atoms with Crippen molar-refractivity contribution in [2.24, 2.45) is 0 Å². The summed E-state index contributed by atoms with van der Waals surface area (Å²) in [5, 5.41) is 2.71. The number of piperidine rings is 1. The highest BCUT2D eigenvalue weighted by molar-refractivity contribution is 5.93. The van der Waals surface area contributed by atoms with Crippen LogP contribution in [0.1, 0.15) is 12.8 Å². The molecule has 26 heavy (non-hydrogen) atoms. The number of nitrogens with one attached hydrogen (secondary N) is 1. The Morgan fingerprint density at radius 1 is 1.19 bits per heavy atom. The van der Waals surface area contributed by atoms with Crippen molar-refractivity contribution in [3.05, 3.63) is 18.2 Å². The number of halogens is 3. The number of methoxy groups -OCH3 is 3. The van der Waals surface area contributed by atoms with Crippen LogP contribution in [0.4, 0.5) is 18.9 Å². The molecule has 1 saturated heterocycles. The molecule has 1 aliphatic rings. The van der Waals surface area contributed by atoms with E-state index in [1.807, 2.05) is 0 Å². The lowest BCUT2D eigenvalue weighted by molar-refractivity contribution is -0.282. The molecule has 1 aromatic rings. The lowest BCUT2D eigenvalue weighted by Crippen LogP contribution is -2.55. The van der Waals surface area contributed by atoms with Gasteiger partial charge in [-0.25, -0.2) is 0 Å². The predicted octanol–water partition coefficient (Wildman–Crippen LogP) is 2.69. The normalized spacial score (nSPS) is 17.6.